The highest BCUT2D eigenvalue weighted by Gasteiger charge is 2.25. The molecule has 3 rings (SSSR count). The Morgan fingerprint density at radius 1 is 1.53 bits per heavy atom. The maximum atomic E-state index is 12.4. The lowest BCUT2D eigenvalue weighted by atomic mass is 10.2. The van der Waals surface area contributed by atoms with Gasteiger partial charge in [0.15, 0.2) is 0 Å². The van der Waals surface area contributed by atoms with Gasteiger partial charge in [-0.3, -0.25) is 14.4 Å². The predicted octanol–water partition coefficient (Wildman–Crippen LogP) is 1.46. The number of amides is 1. The highest BCUT2D eigenvalue weighted by atomic mass is 32.1. The van der Waals surface area contributed by atoms with Crippen molar-refractivity contribution < 1.29 is 9.63 Å². The lowest BCUT2D eigenvalue weighted by Crippen LogP contribution is -2.35. The first-order chi connectivity index (χ1) is 9.18. The number of thiophene rings is 1. The number of hydrogen-bond acceptors (Lipinski definition) is 5. The summed E-state index contributed by atoms with van der Waals surface area (Å²) in [6.45, 7) is 2.93. The number of carbonyl (C=O) groups excluding carboxylic acids is 1. The molecular formula is C12H13N3O3S. The van der Waals surface area contributed by atoms with Gasteiger partial charge in [-0.2, -0.15) is 0 Å². The highest BCUT2D eigenvalue weighted by molar-refractivity contribution is 7.20. The number of fused-ring (bicyclic) bond motifs is 1. The van der Waals surface area contributed by atoms with E-state index in [0.717, 1.165) is 12.8 Å². The van der Waals surface area contributed by atoms with Crippen molar-refractivity contribution in [3.8, 4) is 0 Å². The second kappa shape index (κ2) is 4.75. The van der Waals surface area contributed by atoms with Gasteiger partial charge in [0.1, 0.15) is 9.71 Å². The number of hydroxylamine groups is 2. The number of H-pyrrole nitrogens is 1. The van der Waals surface area contributed by atoms with Gasteiger partial charge in [0.25, 0.3) is 11.5 Å². The molecule has 0 spiro atoms. The molecule has 19 heavy (non-hydrogen) atoms. The summed E-state index contributed by atoms with van der Waals surface area (Å²) in [5, 5.41) is 1.88. The van der Waals surface area contributed by atoms with Gasteiger partial charge in [-0.25, -0.2) is 10.0 Å². The standard InChI is InChI=1S/C12H13N3O3S/c1-7-8-10(16)13-6-14-11(8)19-9(7)12(17)15-4-2-3-5-18-15/h6H,2-5H2,1H3,(H,13,14,16). The molecule has 0 aromatic carbocycles. The molecule has 2 aromatic heterocycles. The monoisotopic (exact) mass is 279 g/mol. The van der Waals surface area contributed by atoms with Crippen LogP contribution in [0.1, 0.15) is 28.1 Å². The molecule has 0 aliphatic carbocycles. The van der Waals surface area contributed by atoms with Gasteiger partial charge in [0.05, 0.1) is 18.3 Å². The maximum Gasteiger partial charge on any atom is 0.287 e. The minimum Gasteiger partial charge on any atom is -0.313 e. The summed E-state index contributed by atoms with van der Waals surface area (Å²) in [6.07, 6.45) is 3.26. The first kappa shape index (κ1) is 12.3. The Morgan fingerprint density at radius 3 is 3.05 bits per heavy atom. The summed E-state index contributed by atoms with van der Waals surface area (Å²) in [6, 6.07) is 0. The average Bonchev–Trinajstić information content (AvgIpc) is 2.78. The molecule has 1 amide bonds. The number of aromatic nitrogens is 2. The van der Waals surface area contributed by atoms with E-state index >= 15 is 0 Å². The molecule has 1 fully saturated rings. The van der Waals surface area contributed by atoms with E-state index in [1.807, 2.05) is 0 Å². The van der Waals surface area contributed by atoms with Crippen LogP contribution >= 0.6 is 11.3 Å². The fourth-order valence-corrected chi connectivity index (χ4v) is 3.24. The van der Waals surface area contributed by atoms with Crippen LogP contribution in [0.4, 0.5) is 0 Å². The number of nitrogens with zero attached hydrogens (tertiary/aromatic N) is 2. The molecule has 7 heteroatoms. The third-order valence-electron chi connectivity index (χ3n) is 3.16. The van der Waals surface area contributed by atoms with E-state index in [1.165, 1.54) is 22.7 Å². The molecule has 1 aliphatic heterocycles. The molecular weight excluding hydrogens is 266 g/mol. The molecule has 0 bridgehead atoms. The van der Waals surface area contributed by atoms with Crippen LogP contribution in [-0.4, -0.2) is 34.1 Å². The van der Waals surface area contributed by atoms with Crippen molar-refractivity contribution in [1.29, 1.82) is 0 Å². The van der Waals surface area contributed by atoms with Gasteiger partial charge in [0.2, 0.25) is 0 Å². The van der Waals surface area contributed by atoms with Crippen LogP contribution in [0.5, 0.6) is 0 Å². The van der Waals surface area contributed by atoms with Crippen molar-refractivity contribution in [1.82, 2.24) is 15.0 Å². The summed E-state index contributed by atoms with van der Waals surface area (Å²) >= 11 is 1.24. The first-order valence-electron chi connectivity index (χ1n) is 6.10. The SMILES string of the molecule is Cc1c(C(=O)N2CCCCO2)sc2nc[nH]c(=O)c12. The highest BCUT2D eigenvalue weighted by Crippen LogP contribution is 2.28. The quantitative estimate of drug-likeness (QED) is 0.857. The number of nitrogens with one attached hydrogen (secondary N) is 1. The number of carbonyl (C=O) groups is 1. The van der Waals surface area contributed by atoms with Crippen LogP contribution in [-0.2, 0) is 4.84 Å². The number of aryl methyl sites for hydroxylation is 1. The summed E-state index contributed by atoms with van der Waals surface area (Å²) < 4.78 is 0. The normalized spacial score (nSPS) is 15.9. The van der Waals surface area contributed by atoms with Crippen LogP contribution < -0.4 is 5.56 Å². The van der Waals surface area contributed by atoms with E-state index in [9.17, 15) is 9.59 Å². The van der Waals surface area contributed by atoms with E-state index in [-0.39, 0.29) is 11.5 Å². The summed E-state index contributed by atoms with van der Waals surface area (Å²) in [5.74, 6) is -0.181. The maximum absolute atomic E-state index is 12.4. The van der Waals surface area contributed by atoms with Gasteiger partial charge in [-0.05, 0) is 25.3 Å². The van der Waals surface area contributed by atoms with Gasteiger partial charge in [-0.1, -0.05) is 0 Å². The second-order valence-corrected chi connectivity index (χ2v) is 5.41. The smallest absolute Gasteiger partial charge is 0.287 e. The Bertz CT molecular complexity index is 685. The zero-order valence-corrected chi connectivity index (χ0v) is 11.2. The Morgan fingerprint density at radius 2 is 2.37 bits per heavy atom. The summed E-state index contributed by atoms with van der Waals surface area (Å²) in [5.41, 5.74) is 0.464. The van der Waals surface area contributed by atoms with Gasteiger partial charge in [0, 0.05) is 6.54 Å². The van der Waals surface area contributed by atoms with Crippen molar-refractivity contribution in [3.63, 3.8) is 0 Å². The fraction of sp³-hybridized carbons (Fsp3) is 0.417. The van der Waals surface area contributed by atoms with E-state index in [1.54, 1.807) is 6.92 Å². The summed E-state index contributed by atoms with van der Waals surface area (Å²) in [4.78, 5) is 37.2. The molecule has 100 valence electrons. The molecule has 1 N–H and O–H groups in total. The van der Waals surface area contributed by atoms with Crippen LogP contribution in [0.3, 0.4) is 0 Å². The van der Waals surface area contributed by atoms with Crippen molar-refractivity contribution in [2.75, 3.05) is 13.2 Å². The van der Waals surface area contributed by atoms with E-state index in [2.05, 4.69) is 9.97 Å². The lowest BCUT2D eigenvalue weighted by Gasteiger charge is -2.25. The third-order valence-corrected chi connectivity index (χ3v) is 4.34. The minimum absolute atomic E-state index is 0.181. The van der Waals surface area contributed by atoms with E-state index in [0.29, 0.717) is 33.8 Å². The molecule has 1 aliphatic rings. The van der Waals surface area contributed by atoms with Crippen LogP contribution in [0.2, 0.25) is 0 Å². The van der Waals surface area contributed by atoms with Crippen molar-refractivity contribution in [2.24, 2.45) is 0 Å². The zero-order chi connectivity index (χ0) is 13.4. The molecule has 3 heterocycles. The summed E-state index contributed by atoms with van der Waals surface area (Å²) in [7, 11) is 0. The Kier molecular flexibility index (Phi) is 3.08. The van der Waals surface area contributed by atoms with Gasteiger partial charge >= 0.3 is 0 Å². The van der Waals surface area contributed by atoms with Crippen LogP contribution in [0.25, 0.3) is 10.2 Å². The second-order valence-electron chi connectivity index (χ2n) is 4.42. The third kappa shape index (κ3) is 2.04. The van der Waals surface area contributed by atoms with E-state index in [4.69, 9.17) is 4.84 Å². The molecule has 0 radical (unpaired) electrons. The first-order valence-corrected chi connectivity index (χ1v) is 6.91. The lowest BCUT2D eigenvalue weighted by molar-refractivity contribution is -0.144. The molecule has 0 saturated carbocycles. The zero-order valence-electron chi connectivity index (χ0n) is 10.4. The minimum atomic E-state index is -0.211. The Balaban J connectivity index is 2.05. The largest absolute Gasteiger partial charge is 0.313 e. The Hall–Kier alpha value is -1.73. The topological polar surface area (TPSA) is 75.3 Å². The van der Waals surface area contributed by atoms with Crippen molar-refractivity contribution in [3.05, 3.63) is 27.1 Å². The number of hydrogen-bond donors (Lipinski definition) is 1. The average molecular weight is 279 g/mol. The molecule has 2 aromatic rings. The van der Waals surface area contributed by atoms with Gasteiger partial charge < -0.3 is 4.98 Å². The van der Waals surface area contributed by atoms with E-state index < -0.39 is 0 Å². The predicted molar refractivity (Wildman–Crippen MR) is 71.2 cm³/mol. The fourth-order valence-electron chi connectivity index (χ4n) is 2.15. The Labute approximate surface area is 113 Å². The number of aromatic amines is 1. The number of rotatable bonds is 1. The molecule has 0 unspecified atom stereocenters. The molecule has 0 atom stereocenters. The van der Waals surface area contributed by atoms with Crippen LogP contribution in [0, 0.1) is 6.92 Å². The van der Waals surface area contributed by atoms with Crippen molar-refractivity contribution >= 4 is 27.5 Å². The molecule has 1 saturated heterocycles. The van der Waals surface area contributed by atoms with Crippen molar-refractivity contribution in [2.45, 2.75) is 19.8 Å². The van der Waals surface area contributed by atoms with Gasteiger partial charge in [-0.15, -0.1) is 11.3 Å². The van der Waals surface area contributed by atoms with Crippen LogP contribution in [0.15, 0.2) is 11.1 Å². The molecule has 6 nitrogen and oxygen atoms in total.